The normalized spacial score (nSPS) is 11.9. The van der Waals surface area contributed by atoms with Crippen molar-refractivity contribution >= 4 is 38.1 Å². The zero-order valence-corrected chi connectivity index (χ0v) is 19.3. The first-order valence-electron chi connectivity index (χ1n) is 9.41. The van der Waals surface area contributed by atoms with Crippen molar-refractivity contribution in [2.75, 3.05) is 16.7 Å². The van der Waals surface area contributed by atoms with Crippen molar-refractivity contribution in [3.05, 3.63) is 70.7 Å². The summed E-state index contributed by atoms with van der Waals surface area (Å²) < 4.78 is 26.9. The second-order valence-corrected chi connectivity index (χ2v) is 10.9. The zero-order valence-electron chi connectivity index (χ0n) is 17.6. The third-order valence-electron chi connectivity index (χ3n) is 4.67. The Bertz CT molecular complexity index is 1140. The second kappa shape index (κ2) is 8.20. The molecule has 158 valence electrons. The van der Waals surface area contributed by atoms with Gasteiger partial charge >= 0.3 is 0 Å². The topological polar surface area (TPSA) is 79.4 Å². The van der Waals surface area contributed by atoms with Gasteiger partial charge in [-0.25, -0.2) is 13.4 Å². The van der Waals surface area contributed by atoms with Crippen molar-refractivity contribution in [2.24, 2.45) is 0 Å². The van der Waals surface area contributed by atoms with Crippen molar-refractivity contribution in [2.45, 2.75) is 38.0 Å². The fourth-order valence-electron chi connectivity index (χ4n) is 2.67. The van der Waals surface area contributed by atoms with E-state index in [2.05, 4.69) is 31.1 Å². The summed E-state index contributed by atoms with van der Waals surface area (Å²) in [5.41, 5.74) is 2.71. The van der Waals surface area contributed by atoms with E-state index in [0.717, 1.165) is 11.3 Å². The summed E-state index contributed by atoms with van der Waals surface area (Å²) in [6.07, 6.45) is 0. The predicted molar refractivity (Wildman–Crippen MR) is 122 cm³/mol. The maximum absolute atomic E-state index is 12.8. The van der Waals surface area contributed by atoms with E-state index in [1.165, 1.54) is 22.7 Å². The molecule has 0 radical (unpaired) electrons. The number of sulfonamides is 1. The van der Waals surface area contributed by atoms with Crippen LogP contribution in [0.3, 0.4) is 0 Å². The molecule has 0 aliphatic carbocycles. The first-order chi connectivity index (χ1) is 14.0. The average molecular weight is 444 g/mol. The molecule has 1 amide bonds. The molecule has 0 unspecified atom stereocenters. The van der Waals surface area contributed by atoms with Crippen LogP contribution in [-0.2, 0) is 15.4 Å². The molecule has 0 atom stereocenters. The number of thiazole rings is 1. The van der Waals surface area contributed by atoms with Gasteiger partial charge in [-0.1, -0.05) is 38.5 Å². The first-order valence-corrected chi connectivity index (χ1v) is 11.7. The molecular weight excluding hydrogens is 418 g/mol. The Balaban J connectivity index is 1.74. The van der Waals surface area contributed by atoms with Gasteiger partial charge in [-0.3, -0.25) is 14.4 Å². The molecule has 8 heteroatoms. The molecule has 0 fully saturated rings. The SMILES string of the molecule is Cc1ccc(S(=O)(=O)N(C)c2ccc(C(=O)Nc3nc(C(C)(C)C)cs3)cc2)cc1. The van der Waals surface area contributed by atoms with E-state index in [4.69, 9.17) is 0 Å². The van der Waals surface area contributed by atoms with E-state index in [0.29, 0.717) is 16.4 Å². The third kappa shape index (κ3) is 4.71. The Morgan fingerprint density at radius 2 is 1.63 bits per heavy atom. The highest BCUT2D eigenvalue weighted by atomic mass is 32.2. The summed E-state index contributed by atoms with van der Waals surface area (Å²) in [7, 11) is -2.18. The molecule has 30 heavy (non-hydrogen) atoms. The van der Waals surface area contributed by atoms with Crippen LogP contribution >= 0.6 is 11.3 Å². The van der Waals surface area contributed by atoms with E-state index in [1.54, 1.807) is 48.5 Å². The number of carbonyl (C=O) groups is 1. The van der Waals surface area contributed by atoms with Gasteiger partial charge in [0.25, 0.3) is 15.9 Å². The van der Waals surface area contributed by atoms with Crippen LogP contribution < -0.4 is 9.62 Å². The van der Waals surface area contributed by atoms with Gasteiger partial charge in [0.15, 0.2) is 5.13 Å². The number of hydrogen-bond acceptors (Lipinski definition) is 5. The lowest BCUT2D eigenvalue weighted by atomic mass is 9.93. The summed E-state index contributed by atoms with van der Waals surface area (Å²) in [6, 6.07) is 13.1. The molecule has 1 N–H and O–H groups in total. The number of hydrogen-bond donors (Lipinski definition) is 1. The number of rotatable bonds is 5. The van der Waals surface area contributed by atoms with Crippen LogP contribution in [0.25, 0.3) is 0 Å². The number of aryl methyl sites for hydroxylation is 1. The molecule has 0 spiro atoms. The zero-order chi connectivity index (χ0) is 22.1. The van der Waals surface area contributed by atoms with Crippen molar-refractivity contribution in [1.29, 1.82) is 0 Å². The number of nitrogens with zero attached hydrogens (tertiary/aromatic N) is 2. The predicted octanol–water partition coefficient (Wildman–Crippen LogP) is 4.83. The van der Waals surface area contributed by atoms with Crippen LogP contribution in [0.15, 0.2) is 58.8 Å². The van der Waals surface area contributed by atoms with E-state index < -0.39 is 10.0 Å². The lowest BCUT2D eigenvalue weighted by molar-refractivity contribution is 0.102. The number of amides is 1. The number of aromatic nitrogens is 1. The minimum absolute atomic E-state index is 0.0886. The monoisotopic (exact) mass is 443 g/mol. The van der Waals surface area contributed by atoms with Crippen LogP contribution in [0, 0.1) is 6.92 Å². The maximum Gasteiger partial charge on any atom is 0.264 e. The fourth-order valence-corrected chi connectivity index (χ4v) is 4.80. The highest BCUT2D eigenvalue weighted by molar-refractivity contribution is 7.92. The molecule has 1 aromatic heterocycles. The summed E-state index contributed by atoms with van der Waals surface area (Å²) in [5.74, 6) is -0.291. The van der Waals surface area contributed by atoms with Crippen LogP contribution in [-0.4, -0.2) is 26.4 Å². The molecule has 0 aliphatic rings. The molecule has 3 rings (SSSR count). The van der Waals surface area contributed by atoms with E-state index in [-0.39, 0.29) is 16.2 Å². The average Bonchev–Trinajstić information content (AvgIpc) is 3.17. The number of anilines is 2. The Labute approximate surface area is 181 Å². The van der Waals surface area contributed by atoms with Gasteiger partial charge in [0, 0.05) is 23.4 Å². The molecule has 0 saturated carbocycles. The van der Waals surface area contributed by atoms with Crippen molar-refractivity contribution < 1.29 is 13.2 Å². The molecule has 0 bridgehead atoms. The Hall–Kier alpha value is -2.71. The molecule has 0 aliphatic heterocycles. The second-order valence-electron chi connectivity index (χ2n) is 8.07. The first kappa shape index (κ1) is 22.0. The summed E-state index contributed by atoms with van der Waals surface area (Å²) in [5, 5.41) is 5.27. The minimum atomic E-state index is -3.68. The summed E-state index contributed by atoms with van der Waals surface area (Å²) in [4.78, 5) is 17.2. The van der Waals surface area contributed by atoms with Gasteiger partial charge in [0.05, 0.1) is 16.3 Å². The Morgan fingerprint density at radius 3 is 2.17 bits per heavy atom. The Morgan fingerprint density at radius 1 is 1.03 bits per heavy atom. The quantitative estimate of drug-likeness (QED) is 0.613. The summed E-state index contributed by atoms with van der Waals surface area (Å²) in [6.45, 7) is 8.09. The van der Waals surface area contributed by atoms with Gasteiger partial charge < -0.3 is 0 Å². The van der Waals surface area contributed by atoms with E-state index >= 15 is 0 Å². The molecule has 1 heterocycles. The van der Waals surface area contributed by atoms with Gasteiger partial charge in [-0.2, -0.15) is 0 Å². The molecule has 3 aromatic rings. The van der Waals surface area contributed by atoms with Gasteiger partial charge in [0.1, 0.15) is 0 Å². The standard InChI is InChI=1S/C22H25N3O3S2/c1-15-6-12-18(13-7-15)30(27,28)25(5)17-10-8-16(9-11-17)20(26)24-21-23-19(14-29-21)22(2,3)4/h6-14H,1-5H3,(H,23,24,26). The molecule has 2 aromatic carbocycles. The van der Waals surface area contributed by atoms with Gasteiger partial charge in [-0.15, -0.1) is 11.3 Å². The molecule has 0 saturated heterocycles. The highest BCUT2D eigenvalue weighted by Gasteiger charge is 2.22. The minimum Gasteiger partial charge on any atom is -0.298 e. The number of nitrogens with one attached hydrogen (secondary N) is 1. The maximum atomic E-state index is 12.8. The molecule has 6 nitrogen and oxygen atoms in total. The largest absolute Gasteiger partial charge is 0.298 e. The van der Waals surface area contributed by atoms with Gasteiger partial charge in [0.2, 0.25) is 0 Å². The third-order valence-corrected chi connectivity index (χ3v) is 7.22. The highest BCUT2D eigenvalue weighted by Crippen LogP contribution is 2.27. The summed E-state index contributed by atoms with van der Waals surface area (Å²) >= 11 is 1.38. The lowest BCUT2D eigenvalue weighted by Gasteiger charge is -2.20. The van der Waals surface area contributed by atoms with Crippen molar-refractivity contribution in [3.8, 4) is 0 Å². The lowest BCUT2D eigenvalue weighted by Crippen LogP contribution is -2.26. The van der Waals surface area contributed by atoms with Crippen LogP contribution in [0.5, 0.6) is 0 Å². The Kier molecular flexibility index (Phi) is 6.01. The molecular formula is C22H25N3O3S2. The van der Waals surface area contributed by atoms with Gasteiger partial charge in [-0.05, 0) is 43.3 Å². The number of carbonyl (C=O) groups excluding carboxylic acids is 1. The van der Waals surface area contributed by atoms with E-state index in [9.17, 15) is 13.2 Å². The smallest absolute Gasteiger partial charge is 0.264 e. The number of benzene rings is 2. The van der Waals surface area contributed by atoms with Crippen molar-refractivity contribution in [1.82, 2.24) is 4.98 Å². The van der Waals surface area contributed by atoms with E-state index in [1.807, 2.05) is 12.3 Å². The van der Waals surface area contributed by atoms with Crippen LogP contribution in [0.1, 0.15) is 42.4 Å². The van der Waals surface area contributed by atoms with Crippen LogP contribution in [0.2, 0.25) is 0 Å². The van der Waals surface area contributed by atoms with Crippen molar-refractivity contribution in [3.63, 3.8) is 0 Å². The fraction of sp³-hybridized carbons (Fsp3) is 0.273. The van der Waals surface area contributed by atoms with Crippen LogP contribution in [0.4, 0.5) is 10.8 Å².